The molecule has 0 bridgehead atoms. The molecule has 0 spiro atoms. The topological polar surface area (TPSA) is 103 Å². The van der Waals surface area contributed by atoms with Crippen molar-refractivity contribution in [2.75, 3.05) is 5.32 Å². The number of aromatic nitrogens is 5. The van der Waals surface area contributed by atoms with Crippen LogP contribution in [0.2, 0.25) is 0 Å². The Morgan fingerprint density at radius 1 is 1.04 bits per heavy atom. The van der Waals surface area contributed by atoms with E-state index in [-0.39, 0.29) is 11.1 Å². The second-order valence-corrected chi connectivity index (χ2v) is 5.77. The zero-order chi connectivity index (χ0) is 18.8. The van der Waals surface area contributed by atoms with Crippen molar-refractivity contribution in [3.63, 3.8) is 0 Å². The van der Waals surface area contributed by atoms with Crippen molar-refractivity contribution in [2.24, 2.45) is 7.05 Å². The van der Waals surface area contributed by atoms with Gasteiger partial charge < -0.3 is 5.32 Å². The van der Waals surface area contributed by atoms with Gasteiger partial charge in [-0.1, -0.05) is 12.1 Å². The van der Waals surface area contributed by atoms with E-state index in [0.29, 0.717) is 28.2 Å². The number of carbonyl (C=O) groups is 1. The standard InChI is InChI=1S/C19H14N6O2/c1-25-17(14-8-10-20-11-22-14)24-16-12(5-4-6-13(16)19(25)27)18(26)23-15-7-2-3-9-21-15/h2-11H,1H3,(H,21,23,26). The molecule has 0 fully saturated rings. The van der Waals surface area contributed by atoms with E-state index in [9.17, 15) is 9.59 Å². The molecule has 0 aliphatic rings. The van der Waals surface area contributed by atoms with E-state index in [1.54, 1.807) is 61.9 Å². The van der Waals surface area contributed by atoms with Crippen LogP contribution in [0.1, 0.15) is 10.4 Å². The predicted octanol–water partition coefficient (Wildman–Crippen LogP) is 2.04. The summed E-state index contributed by atoms with van der Waals surface area (Å²) in [5, 5.41) is 3.07. The Balaban J connectivity index is 1.88. The first-order valence-electron chi connectivity index (χ1n) is 8.13. The van der Waals surface area contributed by atoms with E-state index in [2.05, 4.69) is 25.3 Å². The first-order chi connectivity index (χ1) is 13.1. The Morgan fingerprint density at radius 3 is 2.67 bits per heavy atom. The summed E-state index contributed by atoms with van der Waals surface area (Å²) in [6, 6.07) is 11.8. The lowest BCUT2D eigenvalue weighted by molar-refractivity contribution is 0.102. The molecule has 0 aliphatic carbocycles. The van der Waals surface area contributed by atoms with Gasteiger partial charge in [0.1, 0.15) is 17.8 Å². The fourth-order valence-corrected chi connectivity index (χ4v) is 2.75. The minimum absolute atomic E-state index is 0.263. The first-order valence-corrected chi connectivity index (χ1v) is 8.13. The Morgan fingerprint density at radius 2 is 1.93 bits per heavy atom. The van der Waals surface area contributed by atoms with Gasteiger partial charge in [0.25, 0.3) is 11.5 Å². The lowest BCUT2D eigenvalue weighted by atomic mass is 10.1. The van der Waals surface area contributed by atoms with Gasteiger partial charge in [-0.05, 0) is 30.3 Å². The van der Waals surface area contributed by atoms with E-state index in [1.165, 1.54) is 10.9 Å². The number of anilines is 1. The predicted molar refractivity (Wildman–Crippen MR) is 100 cm³/mol. The van der Waals surface area contributed by atoms with Crippen LogP contribution in [-0.4, -0.2) is 30.4 Å². The van der Waals surface area contributed by atoms with E-state index in [4.69, 9.17) is 0 Å². The maximum Gasteiger partial charge on any atom is 0.261 e. The Bertz CT molecular complexity index is 1190. The molecule has 27 heavy (non-hydrogen) atoms. The average molecular weight is 358 g/mol. The van der Waals surface area contributed by atoms with Crippen molar-refractivity contribution in [1.29, 1.82) is 0 Å². The number of hydrogen-bond acceptors (Lipinski definition) is 6. The highest BCUT2D eigenvalue weighted by Crippen LogP contribution is 2.19. The van der Waals surface area contributed by atoms with Gasteiger partial charge in [0.2, 0.25) is 0 Å². The molecule has 0 unspecified atom stereocenters. The number of fused-ring (bicyclic) bond motifs is 1. The maximum absolute atomic E-state index is 12.8. The number of benzene rings is 1. The quantitative estimate of drug-likeness (QED) is 0.601. The van der Waals surface area contributed by atoms with Crippen LogP contribution in [0, 0.1) is 0 Å². The Labute approximate surface area is 153 Å². The molecule has 4 rings (SSSR count). The normalized spacial score (nSPS) is 10.7. The number of amides is 1. The van der Waals surface area contributed by atoms with Crippen molar-refractivity contribution in [1.82, 2.24) is 24.5 Å². The van der Waals surface area contributed by atoms with E-state index < -0.39 is 5.91 Å². The third-order valence-electron chi connectivity index (χ3n) is 4.07. The molecule has 0 atom stereocenters. The minimum atomic E-state index is -0.395. The summed E-state index contributed by atoms with van der Waals surface area (Å²) < 4.78 is 1.41. The number of rotatable bonds is 3. The molecule has 132 valence electrons. The largest absolute Gasteiger partial charge is 0.306 e. The summed E-state index contributed by atoms with van der Waals surface area (Å²) in [7, 11) is 1.62. The molecule has 0 saturated heterocycles. The van der Waals surface area contributed by atoms with Crippen molar-refractivity contribution < 1.29 is 4.79 Å². The van der Waals surface area contributed by atoms with Gasteiger partial charge in [-0.3, -0.25) is 14.2 Å². The van der Waals surface area contributed by atoms with Crippen LogP contribution >= 0.6 is 0 Å². The fraction of sp³-hybridized carbons (Fsp3) is 0.0526. The molecule has 0 radical (unpaired) electrons. The zero-order valence-corrected chi connectivity index (χ0v) is 14.3. The van der Waals surface area contributed by atoms with Crippen molar-refractivity contribution in [3.05, 3.63) is 77.1 Å². The summed E-state index contributed by atoms with van der Waals surface area (Å²) in [6.45, 7) is 0. The number of nitrogens with one attached hydrogen (secondary N) is 1. The molecule has 0 saturated carbocycles. The molecule has 0 aliphatic heterocycles. The third kappa shape index (κ3) is 3.04. The summed E-state index contributed by atoms with van der Waals surface area (Å²) >= 11 is 0. The van der Waals surface area contributed by atoms with Gasteiger partial charge in [-0.15, -0.1) is 0 Å². The summed E-state index contributed by atoms with van der Waals surface area (Å²) in [5.41, 5.74) is 0.821. The van der Waals surface area contributed by atoms with Gasteiger partial charge in [-0.25, -0.2) is 19.9 Å². The molecule has 3 aromatic heterocycles. The second-order valence-electron chi connectivity index (χ2n) is 5.77. The highest BCUT2D eigenvalue weighted by molar-refractivity contribution is 6.11. The van der Waals surface area contributed by atoms with Crippen LogP contribution in [0.5, 0.6) is 0 Å². The van der Waals surface area contributed by atoms with Crippen LogP contribution in [0.15, 0.2) is 66.0 Å². The molecule has 1 aromatic carbocycles. The van der Waals surface area contributed by atoms with Crippen molar-refractivity contribution in [2.45, 2.75) is 0 Å². The van der Waals surface area contributed by atoms with E-state index in [0.717, 1.165) is 0 Å². The van der Waals surface area contributed by atoms with Gasteiger partial charge in [0, 0.05) is 19.4 Å². The fourth-order valence-electron chi connectivity index (χ4n) is 2.75. The molecule has 8 heteroatoms. The lowest BCUT2D eigenvalue weighted by Crippen LogP contribution is -2.22. The van der Waals surface area contributed by atoms with Crippen LogP contribution in [0.4, 0.5) is 5.82 Å². The van der Waals surface area contributed by atoms with Gasteiger partial charge >= 0.3 is 0 Å². The molecule has 3 heterocycles. The number of pyridine rings is 1. The zero-order valence-electron chi connectivity index (χ0n) is 14.3. The Kier molecular flexibility index (Phi) is 4.13. The second kappa shape index (κ2) is 6.75. The monoisotopic (exact) mass is 358 g/mol. The highest BCUT2D eigenvalue weighted by atomic mass is 16.2. The van der Waals surface area contributed by atoms with Crippen LogP contribution in [-0.2, 0) is 7.05 Å². The summed E-state index contributed by atoms with van der Waals surface area (Å²) in [5.74, 6) is 0.376. The molecular weight excluding hydrogens is 344 g/mol. The highest BCUT2D eigenvalue weighted by Gasteiger charge is 2.17. The minimum Gasteiger partial charge on any atom is -0.306 e. The summed E-state index contributed by atoms with van der Waals surface area (Å²) in [6.07, 6.45) is 4.53. The van der Waals surface area contributed by atoms with E-state index in [1.807, 2.05) is 0 Å². The average Bonchev–Trinajstić information content (AvgIpc) is 2.71. The lowest BCUT2D eigenvalue weighted by Gasteiger charge is -2.11. The number of hydrogen-bond donors (Lipinski definition) is 1. The molecule has 8 nitrogen and oxygen atoms in total. The van der Waals surface area contributed by atoms with Crippen LogP contribution < -0.4 is 10.9 Å². The number of carbonyl (C=O) groups excluding carboxylic acids is 1. The van der Waals surface area contributed by atoms with Gasteiger partial charge in [0.15, 0.2) is 5.82 Å². The third-order valence-corrected chi connectivity index (χ3v) is 4.07. The van der Waals surface area contributed by atoms with Crippen molar-refractivity contribution in [3.8, 4) is 11.5 Å². The molecule has 1 N–H and O–H groups in total. The van der Waals surface area contributed by atoms with Crippen molar-refractivity contribution >= 4 is 22.6 Å². The van der Waals surface area contributed by atoms with Gasteiger partial charge in [0.05, 0.1) is 16.5 Å². The smallest absolute Gasteiger partial charge is 0.261 e. The van der Waals surface area contributed by atoms with Crippen LogP contribution in [0.3, 0.4) is 0 Å². The Hall–Kier alpha value is -3.94. The number of para-hydroxylation sites is 1. The first kappa shape index (κ1) is 16.5. The van der Waals surface area contributed by atoms with Crippen LogP contribution in [0.25, 0.3) is 22.4 Å². The number of nitrogens with zero attached hydrogens (tertiary/aromatic N) is 5. The maximum atomic E-state index is 12.8. The van der Waals surface area contributed by atoms with E-state index >= 15 is 0 Å². The molecule has 1 amide bonds. The van der Waals surface area contributed by atoms with Gasteiger partial charge in [-0.2, -0.15) is 0 Å². The SMILES string of the molecule is Cn1c(-c2ccncn2)nc2c(C(=O)Nc3ccccn3)cccc2c1=O. The summed E-state index contributed by atoms with van der Waals surface area (Å²) in [4.78, 5) is 42.2. The molecule has 4 aromatic rings. The molecular formula is C19H14N6O2.